The van der Waals surface area contributed by atoms with Gasteiger partial charge in [0.2, 0.25) is 0 Å². The van der Waals surface area contributed by atoms with Crippen LogP contribution in [0.5, 0.6) is 0 Å². The van der Waals surface area contributed by atoms with E-state index in [0.717, 1.165) is 18.9 Å². The van der Waals surface area contributed by atoms with Gasteiger partial charge in [0, 0.05) is 12.7 Å². The lowest BCUT2D eigenvalue weighted by molar-refractivity contribution is 0.0685. The van der Waals surface area contributed by atoms with Crippen molar-refractivity contribution in [2.75, 3.05) is 0 Å². The second-order valence-electron chi connectivity index (χ2n) is 3.98. The molecule has 1 aliphatic rings. The molecule has 1 heterocycles. The van der Waals surface area contributed by atoms with Crippen LogP contribution in [0.1, 0.15) is 36.2 Å². The number of rotatable bonds is 5. The zero-order valence-electron chi connectivity index (χ0n) is 8.15. The number of hydrogen-bond donors (Lipinski definition) is 1. The molecule has 0 aromatic carbocycles. The van der Waals surface area contributed by atoms with Crippen LogP contribution in [0, 0.1) is 5.92 Å². The summed E-state index contributed by atoms with van der Waals surface area (Å²) in [6.45, 7) is 0.838. The van der Waals surface area contributed by atoms with Gasteiger partial charge in [-0.2, -0.15) is 0 Å². The van der Waals surface area contributed by atoms with Crippen LogP contribution in [0.4, 0.5) is 0 Å². The van der Waals surface area contributed by atoms with Crippen LogP contribution in [0.15, 0.2) is 18.3 Å². The van der Waals surface area contributed by atoms with Gasteiger partial charge in [-0.3, -0.25) is 0 Å². The Hall–Kier alpha value is -1.25. The van der Waals surface area contributed by atoms with E-state index >= 15 is 0 Å². The quantitative estimate of drug-likeness (QED) is 0.780. The van der Waals surface area contributed by atoms with Crippen molar-refractivity contribution in [2.24, 2.45) is 5.92 Å². The molecule has 3 nitrogen and oxygen atoms in total. The lowest BCUT2D eigenvalue weighted by atomic mass is 10.2. The summed E-state index contributed by atoms with van der Waals surface area (Å²) in [5, 5.41) is 8.85. The van der Waals surface area contributed by atoms with Gasteiger partial charge in [-0.1, -0.05) is 12.8 Å². The lowest BCUT2D eigenvalue weighted by Crippen LogP contribution is -2.07. The molecule has 1 saturated carbocycles. The fourth-order valence-electron chi connectivity index (χ4n) is 1.76. The smallest absolute Gasteiger partial charge is 0.352 e. The summed E-state index contributed by atoms with van der Waals surface area (Å²) < 4.78 is 1.82. The standard InChI is InChI=1S/C11H15NO2/c13-11(14)10-4-2-8-12(10)7-1-3-9-5-6-9/h2,4,8-9H,1,3,5-7H2,(H,13,14). The number of carboxylic acids is 1. The monoisotopic (exact) mass is 193 g/mol. The number of aromatic carboxylic acids is 1. The van der Waals surface area contributed by atoms with E-state index in [0.29, 0.717) is 5.69 Å². The molecule has 0 saturated heterocycles. The van der Waals surface area contributed by atoms with Crippen molar-refractivity contribution in [3.8, 4) is 0 Å². The molecule has 0 unspecified atom stereocenters. The van der Waals surface area contributed by atoms with Crippen molar-refractivity contribution in [3.63, 3.8) is 0 Å². The van der Waals surface area contributed by atoms with E-state index < -0.39 is 5.97 Å². The Labute approximate surface area is 83.4 Å². The molecule has 1 fully saturated rings. The maximum Gasteiger partial charge on any atom is 0.352 e. The van der Waals surface area contributed by atoms with Crippen molar-refractivity contribution in [3.05, 3.63) is 24.0 Å². The third-order valence-corrected chi connectivity index (χ3v) is 2.76. The maximum atomic E-state index is 10.8. The highest BCUT2D eigenvalue weighted by Crippen LogP contribution is 2.33. The van der Waals surface area contributed by atoms with Gasteiger partial charge in [-0.15, -0.1) is 0 Å². The van der Waals surface area contributed by atoms with E-state index in [4.69, 9.17) is 5.11 Å². The van der Waals surface area contributed by atoms with E-state index in [1.807, 2.05) is 10.8 Å². The zero-order valence-corrected chi connectivity index (χ0v) is 8.15. The van der Waals surface area contributed by atoms with E-state index in [9.17, 15) is 4.79 Å². The average Bonchev–Trinajstić information content (AvgIpc) is 2.82. The van der Waals surface area contributed by atoms with Crippen molar-refractivity contribution >= 4 is 5.97 Å². The van der Waals surface area contributed by atoms with E-state index in [1.54, 1.807) is 12.1 Å². The summed E-state index contributed by atoms with van der Waals surface area (Å²) in [6.07, 6.45) is 6.93. The second-order valence-corrected chi connectivity index (χ2v) is 3.98. The summed E-state index contributed by atoms with van der Waals surface area (Å²) in [6, 6.07) is 3.44. The second kappa shape index (κ2) is 3.86. The predicted octanol–water partition coefficient (Wildman–Crippen LogP) is 2.38. The molecule has 0 amide bonds. The van der Waals surface area contributed by atoms with Crippen LogP contribution in [-0.2, 0) is 6.54 Å². The maximum absolute atomic E-state index is 10.8. The Morgan fingerprint density at radius 3 is 3.00 bits per heavy atom. The van der Waals surface area contributed by atoms with Gasteiger partial charge < -0.3 is 9.67 Å². The first kappa shape index (κ1) is 9.31. The Morgan fingerprint density at radius 1 is 1.57 bits per heavy atom. The third kappa shape index (κ3) is 2.16. The third-order valence-electron chi connectivity index (χ3n) is 2.76. The minimum Gasteiger partial charge on any atom is -0.477 e. The van der Waals surface area contributed by atoms with Crippen molar-refractivity contribution in [1.82, 2.24) is 4.57 Å². The highest BCUT2D eigenvalue weighted by Gasteiger charge is 2.20. The number of carboxylic acid groups (broad SMARTS) is 1. The van der Waals surface area contributed by atoms with Crippen LogP contribution >= 0.6 is 0 Å². The average molecular weight is 193 g/mol. The van der Waals surface area contributed by atoms with Crippen LogP contribution in [0.25, 0.3) is 0 Å². The molecule has 76 valence electrons. The van der Waals surface area contributed by atoms with Crippen LogP contribution < -0.4 is 0 Å². The number of carbonyl (C=O) groups is 1. The SMILES string of the molecule is O=C(O)c1cccn1CCCC1CC1. The van der Waals surface area contributed by atoms with Gasteiger partial charge in [0.25, 0.3) is 0 Å². The molecule has 0 bridgehead atoms. The molecule has 1 aliphatic carbocycles. The topological polar surface area (TPSA) is 42.2 Å². The van der Waals surface area contributed by atoms with E-state index in [-0.39, 0.29) is 0 Å². The Morgan fingerprint density at radius 2 is 2.36 bits per heavy atom. The van der Waals surface area contributed by atoms with Crippen LogP contribution in [-0.4, -0.2) is 15.6 Å². The van der Waals surface area contributed by atoms with Gasteiger partial charge in [-0.05, 0) is 30.9 Å². The summed E-state index contributed by atoms with van der Waals surface area (Å²) in [4.78, 5) is 10.8. The van der Waals surface area contributed by atoms with E-state index in [1.165, 1.54) is 19.3 Å². The van der Waals surface area contributed by atoms with Gasteiger partial charge >= 0.3 is 5.97 Å². The molecule has 2 rings (SSSR count). The molecular weight excluding hydrogens is 178 g/mol. The summed E-state index contributed by atoms with van der Waals surface area (Å²) in [5.74, 6) is 0.0975. The van der Waals surface area contributed by atoms with Crippen molar-refractivity contribution in [1.29, 1.82) is 0 Å². The summed E-state index contributed by atoms with van der Waals surface area (Å²) in [5.41, 5.74) is 0.404. The number of hydrogen-bond acceptors (Lipinski definition) is 1. The van der Waals surface area contributed by atoms with Gasteiger partial charge in [0.15, 0.2) is 0 Å². The highest BCUT2D eigenvalue weighted by molar-refractivity contribution is 5.85. The van der Waals surface area contributed by atoms with Crippen molar-refractivity contribution in [2.45, 2.75) is 32.2 Å². The number of aromatic nitrogens is 1. The molecule has 1 N–H and O–H groups in total. The molecule has 1 aromatic heterocycles. The first-order valence-electron chi connectivity index (χ1n) is 5.16. The van der Waals surface area contributed by atoms with Gasteiger partial charge in [0.1, 0.15) is 5.69 Å². The highest BCUT2D eigenvalue weighted by atomic mass is 16.4. The fourth-order valence-corrected chi connectivity index (χ4v) is 1.76. The zero-order chi connectivity index (χ0) is 9.97. The largest absolute Gasteiger partial charge is 0.477 e. The van der Waals surface area contributed by atoms with E-state index in [2.05, 4.69) is 0 Å². The molecule has 0 atom stereocenters. The lowest BCUT2D eigenvalue weighted by Gasteiger charge is -2.05. The van der Waals surface area contributed by atoms with Crippen LogP contribution in [0.3, 0.4) is 0 Å². The molecule has 3 heteroatoms. The number of aryl methyl sites for hydroxylation is 1. The molecule has 1 aromatic rings. The van der Waals surface area contributed by atoms with Crippen LogP contribution in [0.2, 0.25) is 0 Å². The minimum absolute atomic E-state index is 0.404. The minimum atomic E-state index is -0.832. The Kier molecular flexibility index (Phi) is 2.57. The van der Waals surface area contributed by atoms with Crippen molar-refractivity contribution < 1.29 is 9.90 Å². The summed E-state index contributed by atoms with van der Waals surface area (Å²) >= 11 is 0. The molecule has 14 heavy (non-hydrogen) atoms. The number of nitrogens with zero attached hydrogens (tertiary/aromatic N) is 1. The van der Waals surface area contributed by atoms with Gasteiger partial charge in [0.05, 0.1) is 0 Å². The fraction of sp³-hybridized carbons (Fsp3) is 0.545. The molecule has 0 spiro atoms. The Bertz CT molecular complexity index is 326. The van der Waals surface area contributed by atoms with Gasteiger partial charge in [-0.25, -0.2) is 4.79 Å². The molecular formula is C11H15NO2. The molecule has 0 aliphatic heterocycles. The predicted molar refractivity (Wildman–Crippen MR) is 53.3 cm³/mol. The summed E-state index contributed by atoms with van der Waals surface area (Å²) in [7, 11) is 0. The molecule has 0 radical (unpaired) electrons. The Balaban J connectivity index is 1.87. The first-order valence-corrected chi connectivity index (χ1v) is 5.16. The normalized spacial score (nSPS) is 15.7. The first-order chi connectivity index (χ1) is 6.77.